The van der Waals surface area contributed by atoms with Gasteiger partial charge in [0.05, 0.1) is 12.4 Å². The second-order valence-electron chi connectivity index (χ2n) is 3.99. The number of anilines is 1. The summed E-state index contributed by atoms with van der Waals surface area (Å²) >= 11 is 0. The van der Waals surface area contributed by atoms with Crippen molar-refractivity contribution in [3.8, 4) is 0 Å². The van der Waals surface area contributed by atoms with Crippen molar-refractivity contribution in [2.75, 3.05) is 38.1 Å². The van der Waals surface area contributed by atoms with E-state index >= 15 is 0 Å². The van der Waals surface area contributed by atoms with Crippen LogP contribution in [0.1, 0.15) is 10.5 Å². The number of hydrogen-bond donors (Lipinski definition) is 2. The average Bonchev–Trinajstić information content (AvgIpc) is 2.39. The van der Waals surface area contributed by atoms with Crippen LogP contribution in [0.2, 0.25) is 0 Å². The number of carbonyl (C=O) groups excluding carboxylic acids is 1. The molecule has 0 radical (unpaired) electrons. The maximum absolute atomic E-state index is 11.2. The summed E-state index contributed by atoms with van der Waals surface area (Å²) in [5.41, 5.74) is 1.67. The molecule has 92 valence electrons. The van der Waals surface area contributed by atoms with Crippen LogP contribution in [0.3, 0.4) is 0 Å². The fourth-order valence-electron chi connectivity index (χ4n) is 1.71. The smallest absolute Gasteiger partial charge is 0.294 e. The fourth-order valence-corrected chi connectivity index (χ4v) is 1.71. The normalized spacial score (nSPS) is 16.9. The molecule has 2 rings (SSSR count). The molecule has 1 aliphatic rings. The third-order valence-electron chi connectivity index (χ3n) is 2.78. The van der Waals surface area contributed by atoms with Gasteiger partial charge >= 0.3 is 0 Å². The van der Waals surface area contributed by atoms with Gasteiger partial charge < -0.3 is 9.80 Å². The van der Waals surface area contributed by atoms with E-state index in [1.54, 1.807) is 11.7 Å². The lowest BCUT2D eigenvalue weighted by molar-refractivity contribution is 0.0700. The lowest BCUT2D eigenvalue weighted by atomic mass is 10.3. The lowest BCUT2D eigenvalue weighted by Crippen LogP contribution is -2.45. The van der Waals surface area contributed by atoms with E-state index in [0.717, 1.165) is 26.2 Å². The molecule has 7 nitrogen and oxygen atoms in total. The first-order valence-corrected chi connectivity index (χ1v) is 5.40. The zero-order valence-electron chi connectivity index (χ0n) is 9.63. The Morgan fingerprint density at radius 3 is 2.71 bits per heavy atom. The maximum atomic E-state index is 11.2. The van der Waals surface area contributed by atoms with Gasteiger partial charge in [-0.1, -0.05) is 0 Å². The van der Waals surface area contributed by atoms with E-state index < -0.39 is 5.91 Å². The van der Waals surface area contributed by atoms with E-state index in [9.17, 15) is 4.79 Å². The van der Waals surface area contributed by atoms with Crippen LogP contribution in [0.15, 0.2) is 12.4 Å². The highest BCUT2D eigenvalue weighted by Crippen LogP contribution is 2.12. The highest BCUT2D eigenvalue weighted by atomic mass is 16.5. The summed E-state index contributed by atoms with van der Waals surface area (Å²) < 4.78 is 0. The highest BCUT2D eigenvalue weighted by molar-refractivity contribution is 5.91. The molecule has 0 spiro atoms. The van der Waals surface area contributed by atoms with Gasteiger partial charge in [-0.2, -0.15) is 0 Å². The topological polar surface area (TPSA) is 81.6 Å². The molecule has 17 heavy (non-hydrogen) atoms. The Balaban J connectivity index is 2.13. The Morgan fingerprint density at radius 2 is 2.06 bits per heavy atom. The van der Waals surface area contributed by atoms with Crippen molar-refractivity contribution in [3.63, 3.8) is 0 Å². The molecule has 1 fully saturated rings. The van der Waals surface area contributed by atoms with E-state index in [2.05, 4.69) is 26.8 Å². The zero-order valence-corrected chi connectivity index (χ0v) is 9.63. The van der Waals surface area contributed by atoms with Crippen molar-refractivity contribution in [3.05, 3.63) is 18.1 Å². The second-order valence-corrected chi connectivity index (χ2v) is 3.99. The molecule has 0 atom stereocenters. The summed E-state index contributed by atoms with van der Waals surface area (Å²) in [4.78, 5) is 23.6. The molecule has 7 heteroatoms. The quantitative estimate of drug-likeness (QED) is 0.525. The van der Waals surface area contributed by atoms with Gasteiger partial charge in [0, 0.05) is 26.2 Å². The number of rotatable bonds is 2. The maximum Gasteiger partial charge on any atom is 0.294 e. The molecule has 1 saturated heterocycles. The van der Waals surface area contributed by atoms with E-state index in [-0.39, 0.29) is 5.69 Å². The van der Waals surface area contributed by atoms with Gasteiger partial charge in [-0.25, -0.2) is 10.5 Å². The summed E-state index contributed by atoms with van der Waals surface area (Å²) in [5, 5.41) is 8.54. The number of hydroxylamine groups is 1. The molecule has 0 aromatic carbocycles. The monoisotopic (exact) mass is 237 g/mol. The Kier molecular flexibility index (Phi) is 3.50. The van der Waals surface area contributed by atoms with E-state index in [4.69, 9.17) is 5.21 Å². The van der Waals surface area contributed by atoms with Crippen molar-refractivity contribution in [1.82, 2.24) is 20.3 Å². The number of hydrogen-bond acceptors (Lipinski definition) is 6. The lowest BCUT2D eigenvalue weighted by Gasteiger charge is -2.33. The minimum Gasteiger partial charge on any atom is -0.353 e. The van der Waals surface area contributed by atoms with Crippen molar-refractivity contribution in [1.29, 1.82) is 0 Å². The van der Waals surface area contributed by atoms with Crippen LogP contribution in [-0.2, 0) is 0 Å². The van der Waals surface area contributed by atoms with Gasteiger partial charge in [0.15, 0.2) is 5.69 Å². The van der Waals surface area contributed by atoms with E-state index in [0.29, 0.717) is 5.82 Å². The van der Waals surface area contributed by atoms with Crippen molar-refractivity contribution in [2.45, 2.75) is 0 Å². The Labute approximate surface area is 99.0 Å². The third-order valence-corrected chi connectivity index (χ3v) is 2.78. The van der Waals surface area contributed by atoms with E-state index in [1.165, 1.54) is 6.20 Å². The second kappa shape index (κ2) is 5.07. The molecule has 0 saturated carbocycles. The predicted octanol–water partition coefficient (Wildman–Crippen LogP) is -0.653. The van der Waals surface area contributed by atoms with Gasteiger partial charge in [-0.05, 0) is 7.05 Å². The molecule has 0 unspecified atom stereocenters. The van der Waals surface area contributed by atoms with Crippen LogP contribution in [0.4, 0.5) is 5.82 Å². The van der Waals surface area contributed by atoms with Crippen LogP contribution in [0.25, 0.3) is 0 Å². The predicted molar refractivity (Wildman–Crippen MR) is 61.0 cm³/mol. The highest BCUT2D eigenvalue weighted by Gasteiger charge is 2.17. The first kappa shape index (κ1) is 11.7. The SMILES string of the molecule is CN1CCN(c2cncc(C(=O)NO)n2)CC1. The number of aromatic nitrogens is 2. The summed E-state index contributed by atoms with van der Waals surface area (Å²) in [5.74, 6) is 0.0210. The summed E-state index contributed by atoms with van der Waals surface area (Å²) in [6.45, 7) is 3.63. The van der Waals surface area contributed by atoms with Gasteiger partial charge in [-0.15, -0.1) is 0 Å². The van der Waals surface area contributed by atoms with Crippen molar-refractivity contribution < 1.29 is 10.0 Å². The minimum absolute atomic E-state index is 0.115. The molecule has 1 aromatic rings. The fraction of sp³-hybridized carbons (Fsp3) is 0.500. The zero-order chi connectivity index (χ0) is 12.3. The first-order chi connectivity index (χ1) is 8.20. The summed E-state index contributed by atoms with van der Waals surface area (Å²) in [7, 11) is 2.07. The number of likely N-dealkylation sites (N-methyl/N-ethyl adjacent to an activating group) is 1. The van der Waals surface area contributed by atoms with Crippen LogP contribution in [0.5, 0.6) is 0 Å². The van der Waals surface area contributed by atoms with Crippen LogP contribution >= 0.6 is 0 Å². The number of nitrogens with zero attached hydrogens (tertiary/aromatic N) is 4. The molecule has 2 N–H and O–H groups in total. The van der Waals surface area contributed by atoms with Crippen LogP contribution in [0, 0.1) is 0 Å². The molecule has 1 aliphatic heterocycles. The first-order valence-electron chi connectivity index (χ1n) is 5.40. The van der Waals surface area contributed by atoms with E-state index in [1.807, 2.05) is 0 Å². The summed E-state index contributed by atoms with van der Waals surface area (Å²) in [6.07, 6.45) is 2.95. The van der Waals surface area contributed by atoms with Gasteiger partial charge in [0.25, 0.3) is 5.91 Å². The van der Waals surface area contributed by atoms with Crippen LogP contribution in [-0.4, -0.2) is 59.2 Å². The van der Waals surface area contributed by atoms with Crippen molar-refractivity contribution in [2.24, 2.45) is 0 Å². The van der Waals surface area contributed by atoms with Crippen molar-refractivity contribution >= 4 is 11.7 Å². The van der Waals surface area contributed by atoms with Gasteiger partial charge in [0.1, 0.15) is 5.82 Å². The number of nitrogens with one attached hydrogen (secondary N) is 1. The standard InChI is InChI=1S/C10H15N5O2/c1-14-2-4-15(5-3-14)9-7-11-6-8(12-9)10(16)13-17/h6-7,17H,2-5H2,1H3,(H,13,16). The largest absolute Gasteiger partial charge is 0.353 e. The minimum atomic E-state index is -0.645. The molecule has 0 aliphatic carbocycles. The van der Waals surface area contributed by atoms with Gasteiger partial charge in [0.2, 0.25) is 0 Å². The Morgan fingerprint density at radius 1 is 1.35 bits per heavy atom. The molecule has 0 bridgehead atoms. The summed E-state index contributed by atoms with van der Waals surface area (Å²) in [6, 6.07) is 0. The number of piperazine rings is 1. The molecule has 2 heterocycles. The number of carbonyl (C=O) groups is 1. The molecule has 1 aromatic heterocycles. The number of amides is 1. The van der Waals surface area contributed by atoms with Gasteiger partial charge in [-0.3, -0.25) is 15.0 Å². The molecule has 1 amide bonds. The van der Waals surface area contributed by atoms with Crippen LogP contribution < -0.4 is 10.4 Å². The Hall–Kier alpha value is -1.73. The third kappa shape index (κ3) is 2.69. The molecular weight excluding hydrogens is 222 g/mol. The average molecular weight is 237 g/mol. The molecular formula is C10H15N5O2. The Bertz CT molecular complexity index is 403.